The number of aliphatic hydroxyl groups excluding tert-OH is 2. The molecular weight excluding hydrogens is 755 g/mol. The lowest BCUT2D eigenvalue weighted by molar-refractivity contribution is -0.143. The minimum atomic E-state index is -0.666. The van der Waals surface area contributed by atoms with Gasteiger partial charge in [-0.2, -0.15) is 0 Å². The molecule has 0 saturated heterocycles. The molecule has 1 amide bonds. The van der Waals surface area contributed by atoms with Crippen LogP contribution in [-0.2, 0) is 14.3 Å². The summed E-state index contributed by atoms with van der Waals surface area (Å²) >= 11 is 0. The molecule has 2 atom stereocenters. The summed E-state index contributed by atoms with van der Waals surface area (Å²) in [5, 5.41) is 23.2. The fraction of sp³-hybridized carbons (Fsp3) is 0.964. The Bertz CT molecular complexity index is 867. The molecule has 0 saturated carbocycles. The largest absolute Gasteiger partial charge is 0.466 e. The van der Waals surface area contributed by atoms with Crippen molar-refractivity contribution in [2.75, 3.05) is 13.2 Å². The van der Waals surface area contributed by atoms with E-state index in [2.05, 4.69) is 19.2 Å². The Hall–Kier alpha value is -1.14. The summed E-state index contributed by atoms with van der Waals surface area (Å²) in [7, 11) is 0. The molecule has 0 aromatic rings. The van der Waals surface area contributed by atoms with Crippen LogP contribution in [0.1, 0.15) is 316 Å². The highest BCUT2D eigenvalue weighted by atomic mass is 16.5. The van der Waals surface area contributed by atoms with Crippen LogP contribution >= 0.6 is 0 Å². The fourth-order valence-electron chi connectivity index (χ4n) is 8.88. The van der Waals surface area contributed by atoms with Gasteiger partial charge in [0.2, 0.25) is 5.91 Å². The summed E-state index contributed by atoms with van der Waals surface area (Å²) in [5.74, 6) is -0.0305. The Balaban J connectivity index is 3.40. The average Bonchev–Trinajstić information content (AvgIpc) is 3.26. The lowest BCUT2D eigenvalue weighted by Gasteiger charge is -2.22. The molecule has 0 heterocycles. The first kappa shape index (κ1) is 59.9. The number of hydrogen-bond acceptors (Lipinski definition) is 5. The highest BCUT2D eigenvalue weighted by Crippen LogP contribution is 2.18. The Morgan fingerprint density at radius 3 is 1.00 bits per heavy atom. The summed E-state index contributed by atoms with van der Waals surface area (Å²) in [6.07, 6.45) is 57.9. The molecule has 0 aromatic heterocycles. The summed E-state index contributed by atoms with van der Waals surface area (Å²) in [5.41, 5.74) is 0. The van der Waals surface area contributed by atoms with Crippen molar-refractivity contribution in [2.24, 2.45) is 0 Å². The molecule has 0 aliphatic rings. The number of rotatable bonds is 52. The molecule has 2 unspecified atom stereocenters. The number of ether oxygens (including phenoxy) is 1. The van der Waals surface area contributed by atoms with Crippen LogP contribution < -0.4 is 5.32 Å². The highest BCUT2D eigenvalue weighted by molar-refractivity contribution is 5.76. The maximum Gasteiger partial charge on any atom is 0.305 e. The smallest absolute Gasteiger partial charge is 0.305 e. The number of carbonyl (C=O) groups is 2. The van der Waals surface area contributed by atoms with E-state index in [4.69, 9.17) is 4.74 Å². The topological polar surface area (TPSA) is 95.9 Å². The van der Waals surface area contributed by atoms with Gasteiger partial charge in [-0.1, -0.05) is 277 Å². The van der Waals surface area contributed by atoms with Crippen molar-refractivity contribution in [1.82, 2.24) is 5.32 Å². The maximum atomic E-state index is 12.5. The molecule has 0 aromatic carbocycles. The predicted molar refractivity (Wildman–Crippen MR) is 264 cm³/mol. The molecular formula is C55H109NO5. The van der Waals surface area contributed by atoms with E-state index in [1.54, 1.807) is 0 Å². The molecule has 0 aliphatic carbocycles. The van der Waals surface area contributed by atoms with Crippen molar-refractivity contribution in [2.45, 2.75) is 328 Å². The Kier molecular flexibility index (Phi) is 50.5. The molecule has 0 bridgehead atoms. The van der Waals surface area contributed by atoms with E-state index in [0.717, 1.165) is 38.5 Å². The minimum Gasteiger partial charge on any atom is -0.466 e. The Labute approximate surface area is 381 Å². The lowest BCUT2D eigenvalue weighted by Crippen LogP contribution is -2.45. The molecule has 6 heteroatoms. The number of carbonyl (C=O) groups excluding carboxylic acids is 2. The molecule has 0 aliphatic heterocycles. The van der Waals surface area contributed by atoms with Gasteiger partial charge in [0.25, 0.3) is 0 Å². The van der Waals surface area contributed by atoms with Crippen molar-refractivity contribution in [3.63, 3.8) is 0 Å². The molecule has 0 radical (unpaired) electrons. The third kappa shape index (κ3) is 48.2. The number of unbranched alkanes of at least 4 members (excludes halogenated alkanes) is 41. The number of aliphatic hydroxyl groups is 2. The zero-order chi connectivity index (χ0) is 44.4. The summed E-state index contributed by atoms with van der Waals surface area (Å²) in [4.78, 5) is 24.5. The van der Waals surface area contributed by atoms with E-state index in [1.165, 1.54) is 244 Å². The number of amides is 1. The third-order valence-corrected chi connectivity index (χ3v) is 13.2. The second-order valence-corrected chi connectivity index (χ2v) is 19.3. The van der Waals surface area contributed by atoms with E-state index in [-0.39, 0.29) is 18.5 Å². The van der Waals surface area contributed by atoms with Gasteiger partial charge in [0.15, 0.2) is 0 Å². The van der Waals surface area contributed by atoms with Crippen LogP contribution in [0.3, 0.4) is 0 Å². The second kappa shape index (κ2) is 51.5. The predicted octanol–water partition coefficient (Wildman–Crippen LogP) is 16.7. The molecule has 0 spiro atoms. The molecule has 364 valence electrons. The third-order valence-electron chi connectivity index (χ3n) is 13.2. The first-order valence-electron chi connectivity index (χ1n) is 27.8. The van der Waals surface area contributed by atoms with Crippen LogP contribution in [0, 0.1) is 0 Å². The van der Waals surface area contributed by atoms with Crippen LogP contribution in [0.5, 0.6) is 0 Å². The molecule has 61 heavy (non-hydrogen) atoms. The van der Waals surface area contributed by atoms with Gasteiger partial charge in [0, 0.05) is 12.8 Å². The summed E-state index contributed by atoms with van der Waals surface area (Å²) in [6.45, 7) is 4.96. The first-order valence-corrected chi connectivity index (χ1v) is 27.8. The standard InChI is InChI=1S/C55H109NO5/c1-3-5-7-9-11-13-15-17-24-27-31-35-39-43-47-53(58)52(51-57)56-54(59)48-44-40-36-32-28-25-21-19-18-20-22-26-30-34-38-42-46-50-61-55(60)49-45-41-37-33-29-23-16-14-12-10-8-6-4-2/h52-53,57-58H,3-51H2,1-2H3,(H,56,59). The highest BCUT2D eigenvalue weighted by Gasteiger charge is 2.20. The second-order valence-electron chi connectivity index (χ2n) is 19.3. The Morgan fingerprint density at radius 2 is 0.672 bits per heavy atom. The molecule has 6 nitrogen and oxygen atoms in total. The van der Waals surface area contributed by atoms with E-state index >= 15 is 0 Å². The van der Waals surface area contributed by atoms with Gasteiger partial charge in [0.05, 0.1) is 25.4 Å². The van der Waals surface area contributed by atoms with E-state index in [0.29, 0.717) is 25.9 Å². The van der Waals surface area contributed by atoms with Crippen molar-refractivity contribution in [3.05, 3.63) is 0 Å². The lowest BCUT2D eigenvalue weighted by atomic mass is 10.0. The first-order chi connectivity index (χ1) is 30.0. The van der Waals surface area contributed by atoms with Crippen LogP contribution in [0.15, 0.2) is 0 Å². The minimum absolute atomic E-state index is 0.00763. The van der Waals surface area contributed by atoms with Gasteiger partial charge >= 0.3 is 5.97 Å². The van der Waals surface area contributed by atoms with Crippen molar-refractivity contribution >= 4 is 11.9 Å². The quantitative estimate of drug-likeness (QED) is 0.0418. The van der Waals surface area contributed by atoms with Gasteiger partial charge in [0.1, 0.15) is 0 Å². The van der Waals surface area contributed by atoms with E-state index in [1.807, 2.05) is 0 Å². The summed E-state index contributed by atoms with van der Waals surface area (Å²) in [6, 6.07) is -0.543. The molecule has 0 rings (SSSR count). The average molecular weight is 864 g/mol. The monoisotopic (exact) mass is 864 g/mol. The zero-order valence-electron chi connectivity index (χ0n) is 41.4. The SMILES string of the molecule is CCCCCCCCCCCCCCCCC(O)C(CO)NC(=O)CCCCCCCCCCCCCCCCCCCOC(=O)CCCCCCCCCCCCCCC. The van der Waals surface area contributed by atoms with Gasteiger partial charge in [-0.3, -0.25) is 9.59 Å². The van der Waals surface area contributed by atoms with Gasteiger partial charge in [-0.25, -0.2) is 0 Å². The Morgan fingerprint density at radius 1 is 0.393 bits per heavy atom. The normalized spacial score (nSPS) is 12.5. The van der Waals surface area contributed by atoms with Crippen molar-refractivity contribution < 1.29 is 24.5 Å². The molecule has 3 N–H and O–H groups in total. The van der Waals surface area contributed by atoms with Crippen LogP contribution in [0.4, 0.5) is 0 Å². The number of nitrogens with one attached hydrogen (secondary N) is 1. The number of hydrogen-bond donors (Lipinski definition) is 3. The van der Waals surface area contributed by atoms with E-state index in [9.17, 15) is 19.8 Å². The summed E-state index contributed by atoms with van der Waals surface area (Å²) < 4.78 is 5.47. The van der Waals surface area contributed by atoms with Gasteiger partial charge in [-0.15, -0.1) is 0 Å². The van der Waals surface area contributed by atoms with Crippen LogP contribution in [-0.4, -0.2) is 47.4 Å². The molecule has 0 fully saturated rings. The fourth-order valence-corrected chi connectivity index (χ4v) is 8.88. The van der Waals surface area contributed by atoms with Crippen LogP contribution in [0.2, 0.25) is 0 Å². The van der Waals surface area contributed by atoms with Crippen molar-refractivity contribution in [1.29, 1.82) is 0 Å². The van der Waals surface area contributed by atoms with Gasteiger partial charge < -0.3 is 20.3 Å². The number of esters is 1. The van der Waals surface area contributed by atoms with Crippen molar-refractivity contribution in [3.8, 4) is 0 Å². The zero-order valence-corrected chi connectivity index (χ0v) is 41.4. The maximum absolute atomic E-state index is 12.5. The van der Waals surface area contributed by atoms with E-state index < -0.39 is 12.1 Å². The van der Waals surface area contributed by atoms with Crippen LogP contribution in [0.25, 0.3) is 0 Å². The van der Waals surface area contributed by atoms with Gasteiger partial charge in [-0.05, 0) is 25.7 Å².